The van der Waals surface area contributed by atoms with E-state index in [-0.39, 0.29) is 16.8 Å². The van der Waals surface area contributed by atoms with Gasteiger partial charge in [0.1, 0.15) is 17.0 Å². The number of rotatable bonds is 4. The molecule has 2 aromatic rings. The average molecular weight is 345 g/mol. The van der Waals surface area contributed by atoms with Crippen molar-refractivity contribution in [3.63, 3.8) is 0 Å². The molecular weight excluding hydrogens is 335 g/mol. The summed E-state index contributed by atoms with van der Waals surface area (Å²) < 4.78 is 54.0. The topological polar surface area (TPSA) is 87.9 Å². The first kappa shape index (κ1) is 17.3. The lowest BCUT2D eigenvalue weighted by atomic mass is 10.1. The molecule has 0 aliphatic carbocycles. The van der Waals surface area contributed by atoms with Gasteiger partial charge in [-0.15, -0.1) is 13.2 Å². The molecule has 1 heterocycles. The first-order valence-electron chi connectivity index (χ1n) is 6.29. The molecular formula is C14H10F3NO6. The van der Waals surface area contributed by atoms with E-state index >= 15 is 0 Å². The summed E-state index contributed by atoms with van der Waals surface area (Å²) in [5.41, 5.74) is -0.168. The summed E-state index contributed by atoms with van der Waals surface area (Å²) in [6.45, 7) is 0. The van der Waals surface area contributed by atoms with E-state index in [0.29, 0.717) is 0 Å². The Kier molecular flexibility index (Phi) is 4.77. The van der Waals surface area contributed by atoms with E-state index < -0.39 is 29.8 Å². The van der Waals surface area contributed by atoms with Crippen LogP contribution in [0.2, 0.25) is 0 Å². The molecule has 0 amide bonds. The molecule has 24 heavy (non-hydrogen) atoms. The fourth-order valence-corrected chi connectivity index (χ4v) is 1.83. The maximum atomic E-state index is 12.1. The molecule has 2 rings (SSSR count). The summed E-state index contributed by atoms with van der Waals surface area (Å²) in [6, 6.07) is 4.48. The fourth-order valence-electron chi connectivity index (χ4n) is 1.83. The van der Waals surface area contributed by atoms with Crippen molar-refractivity contribution in [2.75, 3.05) is 14.2 Å². The highest BCUT2D eigenvalue weighted by Gasteiger charge is 2.32. The summed E-state index contributed by atoms with van der Waals surface area (Å²) >= 11 is 0. The van der Waals surface area contributed by atoms with E-state index in [4.69, 9.17) is 4.52 Å². The SMILES string of the molecule is COC(=O)c1onc(-c2ccc(OC(F)(F)F)cc2)c1C(=O)OC. The number of esters is 2. The maximum absolute atomic E-state index is 12.1. The van der Waals surface area contributed by atoms with Crippen molar-refractivity contribution in [1.82, 2.24) is 5.16 Å². The van der Waals surface area contributed by atoms with Crippen LogP contribution in [0.3, 0.4) is 0 Å². The summed E-state index contributed by atoms with van der Waals surface area (Å²) in [6.07, 6.45) is -4.83. The Labute approximate surface area is 132 Å². The molecule has 7 nitrogen and oxygen atoms in total. The van der Waals surface area contributed by atoms with Crippen LogP contribution in [0.1, 0.15) is 20.9 Å². The predicted octanol–water partition coefficient (Wildman–Crippen LogP) is 2.81. The van der Waals surface area contributed by atoms with Gasteiger partial charge < -0.3 is 18.7 Å². The van der Waals surface area contributed by atoms with Crippen LogP contribution in [0.15, 0.2) is 28.8 Å². The molecule has 1 aromatic carbocycles. The Morgan fingerprint density at radius 3 is 2.12 bits per heavy atom. The van der Waals surface area contributed by atoms with Gasteiger partial charge in [0, 0.05) is 5.56 Å². The minimum Gasteiger partial charge on any atom is -0.465 e. The van der Waals surface area contributed by atoms with Crippen molar-refractivity contribution < 1.29 is 41.5 Å². The van der Waals surface area contributed by atoms with E-state index in [9.17, 15) is 22.8 Å². The highest BCUT2D eigenvalue weighted by Crippen LogP contribution is 2.30. The number of carbonyl (C=O) groups excluding carboxylic acids is 2. The lowest BCUT2D eigenvalue weighted by Gasteiger charge is -2.08. The van der Waals surface area contributed by atoms with Gasteiger partial charge >= 0.3 is 18.3 Å². The monoisotopic (exact) mass is 345 g/mol. The smallest absolute Gasteiger partial charge is 0.465 e. The number of methoxy groups -OCH3 is 2. The van der Waals surface area contributed by atoms with Crippen molar-refractivity contribution in [3.8, 4) is 17.0 Å². The molecule has 1 aromatic heterocycles. The van der Waals surface area contributed by atoms with Crippen molar-refractivity contribution in [2.45, 2.75) is 6.36 Å². The van der Waals surface area contributed by atoms with Gasteiger partial charge in [0.2, 0.25) is 0 Å². The van der Waals surface area contributed by atoms with Crippen molar-refractivity contribution >= 4 is 11.9 Å². The zero-order valence-electron chi connectivity index (χ0n) is 12.3. The van der Waals surface area contributed by atoms with Gasteiger partial charge in [0.15, 0.2) is 0 Å². The molecule has 128 valence electrons. The number of hydrogen-bond donors (Lipinski definition) is 0. The predicted molar refractivity (Wildman–Crippen MR) is 71.3 cm³/mol. The second kappa shape index (κ2) is 6.60. The number of aromatic nitrogens is 1. The quantitative estimate of drug-likeness (QED) is 0.787. The van der Waals surface area contributed by atoms with E-state index in [1.54, 1.807) is 0 Å². The van der Waals surface area contributed by atoms with Crippen molar-refractivity contribution in [2.24, 2.45) is 0 Å². The number of ether oxygens (including phenoxy) is 3. The normalized spacial score (nSPS) is 11.0. The molecule has 0 aliphatic heterocycles. The van der Waals surface area contributed by atoms with Gasteiger partial charge in [0.05, 0.1) is 14.2 Å². The average Bonchev–Trinajstić information content (AvgIpc) is 2.97. The minimum atomic E-state index is -4.83. The van der Waals surface area contributed by atoms with Gasteiger partial charge in [0.25, 0.3) is 5.76 Å². The molecule has 0 spiro atoms. The highest BCUT2D eigenvalue weighted by atomic mass is 19.4. The number of nitrogens with zero attached hydrogens (tertiary/aromatic N) is 1. The van der Waals surface area contributed by atoms with E-state index in [2.05, 4.69) is 19.4 Å². The summed E-state index contributed by atoms with van der Waals surface area (Å²) in [5, 5.41) is 3.59. The van der Waals surface area contributed by atoms with Gasteiger partial charge in [-0.25, -0.2) is 9.59 Å². The Morgan fingerprint density at radius 1 is 1.04 bits per heavy atom. The van der Waals surface area contributed by atoms with Crippen molar-refractivity contribution in [3.05, 3.63) is 35.6 Å². The summed E-state index contributed by atoms with van der Waals surface area (Å²) in [5.74, 6) is -2.80. The lowest BCUT2D eigenvalue weighted by molar-refractivity contribution is -0.274. The molecule has 10 heteroatoms. The van der Waals surface area contributed by atoms with Crippen LogP contribution >= 0.6 is 0 Å². The lowest BCUT2D eigenvalue weighted by Crippen LogP contribution is -2.17. The van der Waals surface area contributed by atoms with Crippen LogP contribution in [0.4, 0.5) is 13.2 Å². The van der Waals surface area contributed by atoms with Gasteiger partial charge in [-0.05, 0) is 24.3 Å². The van der Waals surface area contributed by atoms with Crippen LogP contribution in [0, 0.1) is 0 Å². The molecule has 0 atom stereocenters. The van der Waals surface area contributed by atoms with Crippen LogP contribution in [-0.4, -0.2) is 37.7 Å². The zero-order valence-corrected chi connectivity index (χ0v) is 12.3. The molecule has 0 unspecified atom stereocenters. The number of benzene rings is 1. The van der Waals surface area contributed by atoms with Crippen LogP contribution in [0.5, 0.6) is 5.75 Å². The third-order valence-electron chi connectivity index (χ3n) is 2.81. The zero-order chi connectivity index (χ0) is 17.9. The molecule has 0 N–H and O–H groups in total. The molecule has 0 fully saturated rings. The first-order chi connectivity index (χ1) is 11.3. The van der Waals surface area contributed by atoms with Gasteiger partial charge in [-0.1, -0.05) is 5.16 Å². The molecule has 0 saturated heterocycles. The van der Waals surface area contributed by atoms with Crippen molar-refractivity contribution in [1.29, 1.82) is 0 Å². The molecule has 0 saturated carbocycles. The standard InChI is InChI=1S/C14H10F3NO6/c1-21-12(19)9-10(18-24-11(9)13(20)22-2)7-3-5-8(6-4-7)23-14(15,16)17/h3-6H,1-2H3. The fraction of sp³-hybridized carbons (Fsp3) is 0.214. The number of alkyl halides is 3. The van der Waals surface area contributed by atoms with Gasteiger partial charge in [-0.2, -0.15) is 0 Å². The minimum absolute atomic E-state index is 0.0826. The first-order valence-corrected chi connectivity index (χ1v) is 6.29. The third kappa shape index (κ3) is 3.65. The molecule has 0 bridgehead atoms. The van der Waals surface area contributed by atoms with E-state index in [1.165, 1.54) is 12.1 Å². The second-order valence-corrected chi connectivity index (χ2v) is 4.29. The largest absolute Gasteiger partial charge is 0.573 e. The summed E-state index contributed by atoms with van der Waals surface area (Å²) in [4.78, 5) is 23.5. The van der Waals surface area contributed by atoms with Crippen LogP contribution in [-0.2, 0) is 9.47 Å². The number of halogens is 3. The number of hydrogen-bond acceptors (Lipinski definition) is 7. The molecule has 0 radical (unpaired) electrons. The molecule has 0 aliphatic rings. The number of carbonyl (C=O) groups is 2. The van der Waals surface area contributed by atoms with E-state index in [1.807, 2.05) is 0 Å². The van der Waals surface area contributed by atoms with E-state index in [0.717, 1.165) is 26.4 Å². The Bertz CT molecular complexity index is 751. The third-order valence-corrected chi connectivity index (χ3v) is 2.81. The van der Waals surface area contributed by atoms with Gasteiger partial charge in [-0.3, -0.25) is 0 Å². The van der Waals surface area contributed by atoms with Crippen LogP contribution < -0.4 is 4.74 Å². The second-order valence-electron chi connectivity index (χ2n) is 4.29. The Morgan fingerprint density at radius 2 is 1.62 bits per heavy atom. The summed E-state index contributed by atoms with van der Waals surface area (Å²) in [7, 11) is 2.16. The van der Waals surface area contributed by atoms with Crippen LogP contribution in [0.25, 0.3) is 11.3 Å². The Balaban J connectivity index is 2.43. The maximum Gasteiger partial charge on any atom is 0.573 e. The Hall–Kier alpha value is -3.04. The highest BCUT2D eigenvalue weighted by molar-refractivity contribution is 6.05.